The number of benzene rings is 3. The first-order chi connectivity index (χ1) is 22.5. The zero-order valence-electron chi connectivity index (χ0n) is 27.6. The van der Waals surface area contributed by atoms with Crippen molar-refractivity contribution in [3.05, 3.63) is 60.2 Å². The van der Waals surface area contributed by atoms with Crippen molar-refractivity contribution in [1.29, 1.82) is 0 Å². The first kappa shape index (κ1) is 34.5. The molecule has 0 saturated heterocycles. The Morgan fingerprint density at radius 3 is 1.59 bits per heavy atom. The van der Waals surface area contributed by atoms with Crippen molar-refractivity contribution >= 4 is 0 Å². The highest BCUT2D eigenvalue weighted by atomic mass is 16.5. The summed E-state index contributed by atoms with van der Waals surface area (Å²) in [6.45, 7) is 11.2. The minimum Gasteiger partial charge on any atom is -0.507 e. The Morgan fingerprint density at radius 1 is 0.543 bits per heavy atom. The number of nitrogens with zero attached hydrogens (tertiary/aromatic N) is 3. The van der Waals surface area contributed by atoms with Crippen molar-refractivity contribution in [2.75, 3.05) is 33.0 Å². The van der Waals surface area contributed by atoms with Gasteiger partial charge in [0.25, 0.3) is 0 Å². The summed E-state index contributed by atoms with van der Waals surface area (Å²) in [7, 11) is 0. The second kappa shape index (κ2) is 17.9. The molecular formula is C37H47N3O6. The standard InChI is InChI=1S/C37H47N3O6/c1-5-9-19-44-27-13-16-30(33(42)24-27)36-38-35(29-15-12-26(23-32(29)41)18-22-43-8-4)39-37(40-36)31-17-14-28(45-20-10-6-2)25-34(31)46-21-11-7-3/h12-17,23-25,41-42H,5-11,18-22H2,1-4H3. The van der Waals surface area contributed by atoms with Gasteiger partial charge in [-0.15, -0.1) is 0 Å². The van der Waals surface area contributed by atoms with Crippen molar-refractivity contribution in [1.82, 2.24) is 15.0 Å². The molecule has 0 spiro atoms. The van der Waals surface area contributed by atoms with Gasteiger partial charge in [0, 0.05) is 18.7 Å². The third kappa shape index (κ3) is 9.57. The summed E-state index contributed by atoms with van der Waals surface area (Å²) in [6, 6.07) is 16.2. The molecule has 0 radical (unpaired) electrons. The molecule has 0 aliphatic heterocycles. The quantitative estimate of drug-likeness (QED) is 0.0986. The highest BCUT2D eigenvalue weighted by Crippen LogP contribution is 2.37. The van der Waals surface area contributed by atoms with E-state index < -0.39 is 0 Å². The van der Waals surface area contributed by atoms with Crippen LogP contribution in [0.4, 0.5) is 0 Å². The summed E-state index contributed by atoms with van der Waals surface area (Å²) >= 11 is 0. The van der Waals surface area contributed by atoms with Gasteiger partial charge in [0.1, 0.15) is 28.7 Å². The zero-order chi connectivity index (χ0) is 32.7. The molecule has 0 atom stereocenters. The summed E-state index contributed by atoms with van der Waals surface area (Å²) in [4.78, 5) is 14.4. The van der Waals surface area contributed by atoms with E-state index in [0.717, 1.165) is 44.1 Å². The number of phenols is 2. The van der Waals surface area contributed by atoms with Crippen LogP contribution in [-0.4, -0.2) is 58.2 Å². The van der Waals surface area contributed by atoms with E-state index in [2.05, 4.69) is 20.8 Å². The molecule has 0 fully saturated rings. The molecule has 3 aromatic carbocycles. The minimum absolute atomic E-state index is 0.0216. The van der Waals surface area contributed by atoms with Crippen LogP contribution >= 0.6 is 0 Å². The Labute approximate surface area is 272 Å². The number of hydrogen-bond acceptors (Lipinski definition) is 9. The van der Waals surface area contributed by atoms with Gasteiger partial charge in [0.2, 0.25) is 0 Å². The lowest BCUT2D eigenvalue weighted by atomic mass is 10.1. The molecule has 46 heavy (non-hydrogen) atoms. The lowest BCUT2D eigenvalue weighted by Gasteiger charge is -2.15. The Kier molecular flexibility index (Phi) is 13.5. The third-order valence-electron chi connectivity index (χ3n) is 7.37. The van der Waals surface area contributed by atoms with Gasteiger partial charge in [-0.1, -0.05) is 46.1 Å². The second-order valence-corrected chi connectivity index (χ2v) is 11.0. The fourth-order valence-electron chi connectivity index (χ4n) is 4.68. The normalized spacial score (nSPS) is 11.0. The number of hydrogen-bond donors (Lipinski definition) is 2. The van der Waals surface area contributed by atoms with Gasteiger partial charge >= 0.3 is 0 Å². The van der Waals surface area contributed by atoms with Crippen LogP contribution in [0.15, 0.2) is 54.6 Å². The van der Waals surface area contributed by atoms with E-state index in [9.17, 15) is 10.2 Å². The molecule has 4 aromatic rings. The van der Waals surface area contributed by atoms with E-state index in [1.165, 1.54) is 0 Å². The zero-order valence-corrected chi connectivity index (χ0v) is 27.6. The van der Waals surface area contributed by atoms with Crippen molar-refractivity contribution in [2.24, 2.45) is 0 Å². The van der Waals surface area contributed by atoms with Gasteiger partial charge < -0.3 is 29.2 Å². The summed E-state index contributed by atoms with van der Waals surface area (Å²) in [6.07, 6.45) is 6.46. The molecule has 0 aliphatic carbocycles. The maximum Gasteiger partial charge on any atom is 0.167 e. The van der Waals surface area contributed by atoms with E-state index >= 15 is 0 Å². The predicted molar refractivity (Wildman–Crippen MR) is 181 cm³/mol. The molecule has 0 amide bonds. The first-order valence-electron chi connectivity index (χ1n) is 16.5. The van der Waals surface area contributed by atoms with Crippen LogP contribution in [0.1, 0.15) is 71.8 Å². The fourth-order valence-corrected chi connectivity index (χ4v) is 4.68. The second-order valence-electron chi connectivity index (χ2n) is 11.0. The Hall–Kier alpha value is -4.37. The first-order valence-corrected chi connectivity index (χ1v) is 16.5. The van der Waals surface area contributed by atoms with Crippen molar-refractivity contribution in [3.63, 3.8) is 0 Å². The van der Waals surface area contributed by atoms with E-state index in [1.807, 2.05) is 31.2 Å². The largest absolute Gasteiger partial charge is 0.507 e. The highest BCUT2D eigenvalue weighted by Gasteiger charge is 2.20. The molecule has 246 valence electrons. The fraction of sp³-hybridized carbons (Fsp3) is 0.432. The van der Waals surface area contributed by atoms with Gasteiger partial charge in [-0.3, -0.25) is 0 Å². The van der Waals surface area contributed by atoms with Gasteiger partial charge in [-0.2, -0.15) is 0 Å². The molecule has 9 heteroatoms. The van der Waals surface area contributed by atoms with Gasteiger partial charge in [-0.05, 0) is 74.6 Å². The summed E-state index contributed by atoms with van der Waals surface area (Å²) in [5, 5.41) is 22.2. The SMILES string of the molecule is CCCCOc1ccc(-c2nc(-c3ccc(CCOCC)cc3O)nc(-c3ccc(OCCCC)cc3OCCCC)n2)c(O)c1. The molecule has 0 saturated carbocycles. The highest BCUT2D eigenvalue weighted by molar-refractivity contribution is 5.74. The lowest BCUT2D eigenvalue weighted by molar-refractivity contribution is 0.151. The third-order valence-corrected chi connectivity index (χ3v) is 7.37. The number of unbranched alkanes of at least 4 members (excludes halogenated alkanes) is 3. The van der Waals surface area contributed by atoms with E-state index in [4.69, 9.17) is 33.9 Å². The predicted octanol–water partition coefficient (Wildman–Crippen LogP) is 8.40. The topological polar surface area (TPSA) is 116 Å². The Morgan fingerprint density at radius 2 is 1.04 bits per heavy atom. The smallest absolute Gasteiger partial charge is 0.167 e. The maximum atomic E-state index is 11.1. The van der Waals surface area contributed by atoms with Crippen LogP contribution < -0.4 is 14.2 Å². The molecule has 0 unspecified atom stereocenters. The summed E-state index contributed by atoms with van der Waals surface area (Å²) in [5.41, 5.74) is 2.44. The molecule has 9 nitrogen and oxygen atoms in total. The van der Waals surface area contributed by atoms with E-state index in [1.54, 1.807) is 30.3 Å². The molecular weight excluding hydrogens is 582 g/mol. The average Bonchev–Trinajstić information content (AvgIpc) is 3.05. The average molecular weight is 630 g/mol. The summed E-state index contributed by atoms with van der Waals surface area (Å²) < 4.78 is 23.5. The van der Waals surface area contributed by atoms with Crippen molar-refractivity contribution in [2.45, 2.75) is 72.6 Å². The molecule has 1 heterocycles. The van der Waals surface area contributed by atoms with Crippen LogP contribution in [0.3, 0.4) is 0 Å². The summed E-state index contributed by atoms with van der Waals surface area (Å²) in [5.74, 6) is 2.73. The van der Waals surface area contributed by atoms with E-state index in [-0.39, 0.29) is 23.1 Å². The van der Waals surface area contributed by atoms with Gasteiger partial charge in [0.15, 0.2) is 17.5 Å². The van der Waals surface area contributed by atoms with E-state index in [0.29, 0.717) is 79.2 Å². The monoisotopic (exact) mass is 629 g/mol. The van der Waals surface area contributed by atoms with Gasteiger partial charge in [0.05, 0.1) is 43.1 Å². The number of aromatic nitrogens is 3. The Bertz CT molecular complexity index is 1470. The lowest BCUT2D eigenvalue weighted by Crippen LogP contribution is -2.04. The van der Waals surface area contributed by atoms with Crippen LogP contribution in [0, 0.1) is 0 Å². The van der Waals surface area contributed by atoms with Crippen LogP contribution in [-0.2, 0) is 11.2 Å². The molecule has 0 aliphatic rings. The molecule has 2 N–H and O–H groups in total. The number of aromatic hydroxyl groups is 2. The number of rotatable bonds is 19. The number of phenolic OH excluding ortho intramolecular Hbond substituents is 2. The van der Waals surface area contributed by atoms with Crippen LogP contribution in [0.2, 0.25) is 0 Å². The molecule has 1 aromatic heterocycles. The molecule has 4 rings (SSSR count). The number of ether oxygens (including phenoxy) is 4. The minimum atomic E-state index is -0.0216. The van der Waals surface area contributed by atoms with Crippen molar-refractivity contribution < 1.29 is 29.2 Å². The Balaban J connectivity index is 1.81. The maximum absolute atomic E-state index is 11.1. The van der Waals surface area contributed by atoms with Crippen LogP contribution in [0.5, 0.6) is 28.7 Å². The van der Waals surface area contributed by atoms with Crippen molar-refractivity contribution in [3.8, 4) is 62.9 Å². The van der Waals surface area contributed by atoms with Gasteiger partial charge in [-0.25, -0.2) is 15.0 Å². The van der Waals surface area contributed by atoms with Crippen LogP contribution in [0.25, 0.3) is 34.2 Å². The molecule has 0 bridgehead atoms.